The van der Waals surface area contributed by atoms with Crippen molar-refractivity contribution in [2.75, 3.05) is 26.7 Å². The zero-order valence-electron chi connectivity index (χ0n) is 11.1. The lowest BCUT2D eigenvalue weighted by Crippen LogP contribution is -2.44. The third-order valence-electron chi connectivity index (χ3n) is 2.98. The van der Waals surface area contributed by atoms with Gasteiger partial charge in [0, 0.05) is 26.7 Å². The minimum absolute atomic E-state index is 0.0292. The maximum absolute atomic E-state index is 12.1. The zero-order chi connectivity index (χ0) is 13.4. The lowest BCUT2D eigenvalue weighted by atomic mass is 10.1. The molecule has 0 saturated carbocycles. The molecule has 0 aromatic heterocycles. The van der Waals surface area contributed by atoms with Gasteiger partial charge in [-0.15, -0.1) is 0 Å². The first-order valence-corrected chi connectivity index (χ1v) is 6.28. The number of carbonyl (C=O) groups excluding carboxylic acids is 1. The van der Waals surface area contributed by atoms with E-state index >= 15 is 0 Å². The third kappa shape index (κ3) is 4.13. The molecule has 0 aliphatic heterocycles. The minimum Gasteiger partial charge on any atom is -0.370 e. The maximum atomic E-state index is 12.1. The molecule has 0 heterocycles. The second-order valence-electron chi connectivity index (χ2n) is 4.11. The molecule has 1 amide bonds. The number of hydrogen-bond acceptors (Lipinski definition) is 3. The molecule has 0 fully saturated rings. The Morgan fingerprint density at radius 2 is 2.06 bits per heavy atom. The first-order chi connectivity index (χ1) is 8.72. The van der Waals surface area contributed by atoms with Crippen LogP contribution in [0.2, 0.25) is 0 Å². The molecule has 1 rings (SSSR count). The van der Waals surface area contributed by atoms with E-state index in [1.54, 1.807) is 4.90 Å². The molecule has 0 bridgehead atoms. The highest BCUT2D eigenvalue weighted by Gasteiger charge is 2.21. The molecule has 0 spiro atoms. The van der Waals surface area contributed by atoms with Crippen LogP contribution in [0, 0.1) is 0 Å². The molecule has 4 heteroatoms. The molecule has 4 nitrogen and oxygen atoms in total. The number of benzene rings is 1. The maximum Gasteiger partial charge on any atom is 0.253 e. The molecule has 1 atom stereocenters. The van der Waals surface area contributed by atoms with Gasteiger partial charge in [-0.1, -0.05) is 30.3 Å². The second-order valence-corrected chi connectivity index (χ2v) is 4.11. The number of carbonyl (C=O) groups is 1. The third-order valence-corrected chi connectivity index (χ3v) is 2.98. The summed E-state index contributed by atoms with van der Waals surface area (Å²) in [5.74, 6) is -0.0292. The van der Waals surface area contributed by atoms with E-state index in [1.165, 1.54) is 12.7 Å². The fourth-order valence-electron chi connectivity index (χ4n) is 1.83. The number of rotatable bonds is 7. The zero-order valence-corrected chi connectivity index (χ0v) is 11.1. The summed E-state index contributed by atoms with van der Waals surface area (Å²) in [6, 6.07) is 10.1. The van der Waals surface area contributed by atoms with E-state index < -0.39 is 6.10 Å². The number of amides is 1. The van der Waals surface area contributed by atoms with E-state index in [4.69, 9.17) is 10.5 Å². The summed E-state index contributed by atoms with van der Waals surface area (Å²) in [6.07, 6.45) is 0.322. The van der Waals surface area contributed by atoms with Crippen molar-refractivity contribution in [3.05, 3.63) is 35.9 Å². The normalized spacial score (nSPS) is 12.2. The van der Waals surface area contributed by atoms with Crippen molar-refractivity contribution < 1.29 is 9.53 Å². The molecule has 18 heavy (non-hydrogen) atoms. The van der Waals surface area contributed by atoms with Crippen LogP contribution in [0.1, 0.15) is 12.5 Å². The molecule has 0 aliphatic carbocycles. The van der Waals surface area contributed by atoms with Gasteiger partial charge in [-0.2, -0.15) is 0 Å². The van der Waals surface area contributed by atoms with E-state index in [1.807, 2.05) is 25.1 Å². The summed E-state index contributed by atoms with van der Waals surface area (Å²) >= 11 is 0. The fraction of sp³-hybridized carbons (Fsp3) is 0.500. The summed E-state index contributed by atoms with van der Waals surface area (Å²) in [4.78, 5) is 13.9. The first-order valence-electron chi connectivity index (χ1n) is 6.28. The standard InChI is InChI=1S/C14H22N2O2/c1-3-16(14(17)13(11-15)18-2)10-9-12-7-5-4-6-8-12/h4-8,13H,3,9-11,15H2,1-2H3. The van der Waals surface area contributed by atoms with Crippen molar-refractivity contribution in [3.8, 4) is 0 Å². The highest BCUT2D eigenvalue weighted by atomic mass is 16.5. The van der Waals surface area contributed by atoms with E-state index in [0.717, 1.165) is 6.42 Å². The Kier molecular flexibility index (Phi) is 6.39. The number of likely N-dealkylation sites (N-methyl/N-ethyl adjacent to an activating group) is 1. The topological polar surface area (TPSA) is 55.6 Å². The predicted molar refractivity (Wildman–Crippen MR) is 72.3 cm³/mol. The van der Waals surface area contributed by atoms with Crippen molar-refractivity contribution >= 4 is 5.91 Å². The minimum atomic E-state index is -0.527. The number of methoxy groups -OCH3 is 1. The Hall–Kier alpha value is -1.39. The Balaban J connectivity index is 2.54. The van der Waals surface area contributed by atoms with Gasteiger partial charge in [0.15, 0.2) is 0 Å². The molecule has 0 saturated heterocycles. The van der Waals surface area contributed by atoms with Crippen LogP contribution in [0.15, 0.2) is 30.3 Å². The van der Waals surface area contributed by atoms with E-state index in [2.05, 4.69) is 12.1 Å². The lowest BCUT2D eigenvalue weighted by Gasteiger charge is -2.24. The van der Waals surface area contributed by atoms with Gasteiger partial charge >= 0.3 is 0 Å². The molecule has 0 aliphatic rings. The van der Waals surface area contributed by atoms with Crippen LogP contribution in [0.4, 0.5) is 0 Å². The summed E-state index contributed by atoms with van der Waals surface area (Å²) in [7, 11) is 1.51. The van der Waals surface area contributed by atoms with Crippen molar-refractivity contribution in [1.29, 1.82) is 0 Å². The Bertz CT molecular complexity index is 350. The average Bonchev–Trinajstić information content (AvgIpc) is 2.42. The number of nitrogens with zero attached hydrogens (tertiary/aromatic N) is 1. The van der Waals surface area contributed by atoms with Crippen molar-refractivity contribution in [2.45, 2.75) is 19.4 Å². The molecule has 100 valence electrons. The summed E-state index contributed by atoms with van der Waals surface area (Å²) in [5.41, 5.74) is 6.74. The van der Waals surface area contributed by atoms with Crippen LogP contribution in [0.3, 0.4) is 0 Å². The van der Waals surface area contributed by atoms with Crippen LogP contribution in [0.5, 0.6) is 0 Å². The lowest BCUT2D eigenvalue weighted by molar-refractivity contribution is -0.141. The van der Waals surface area contributed by atoms with Crippen molar-refractivity contribution in [3.63, 3.8) is 0 Å². The largest absolute Gasteiger partial charge is 0.370 e. The Morgan fingerprint density at radius 3 is 2.56 bits per heavy atom. The summed E-state index contributed by atoms with van der Waals surface area (Å²) in [6.45, 7) is 3.55. The highest BCUT2D eigenvalue weighted by Crippen LogP contribution is 2.04. The SMILES string of the molecule is CCN(CCc1ccccc1)C(=O)C(CN)OC. The van der Waals surface area contributed by atoms with Crippen molar-refractivity contribution in [1.82, 2.24) is 4.90 Å². The molecule has 1 aromatic rings. The van der Waals surface area contributed by atoms with Gasteiger partial charge in [-0.25, -0.2) is 0 Å². The summed E-state index contributed by atoms with van der Waals surface area (Å²) < 4.78 is 5.08. The quantitative estimate of drug-likeness (QED) is 0.787. The first kappa shape index (κ1) is 14.7. The molecule has 2 N–H and O–H groups in total. The van der Waals surface area contributed by atoms with Gasteiger partial charge in [0.1, 0.15) is 6.10 Å². The van der Waals surface area contributed by atoms with Gasteiger partial charge in [0.25, 0.3) is 5.91 Å². The van der Waals surface area contributed by atoms with Gasteiger partial charge in [0.2, 0.25) is 0 Å². The predicted octanol–water partition coefficient (Wildman–Crippen LogP) is 1.05. The number of ether oxygens (including phenoxy) is 1. The van der Waals surface area contributed by atoms with Gasteiger partial charge in [-0.05, 0) is 18.9 Å². The highest BCUT2D eigenvalue weighted by molar-refractivity contribution is 5.81. The van der Waals surface area contributed by atoms with Gasteiger partial charge < -0.3 is 15.4 Å². The Labute approximate surface area is 109 Å². The summed E-state index contributed by atoms with van der Waals surface area (Å²) in [5, 5.41) is 0. The molecular weight excluding hydrogens is 228 g/mol. The van der Waals surface area contributed by atoms with Crippen molar-refractivity contribution in [2.24, 2.45) is 5.73 Å². The van der Waals surface area contributed by atoms with Crippen LogP contribution in [0.25, 0.3) is 0 Å². The van der Waals surface area contributed by atoms with Crippen LogP contribution >= 0.6 is 0 Å². The monoisotopic (exact) mass is 250 g/mol. The molecular formula is C14H22N2O2. The number of nitrogens with two attached hydrogens (primary N) is 1. The van der Waals surface area contributed by atoms with Crippen LogP contribution in [-0.4, -0.2) is 43.7 Å². The number of hydrogen-bond donors (Lipinski definition) is 1. The fourth-order valence-corrected chi connectivity index (χ4v) is 1.83. The average molecular weight is 250 g/mol. The molecule has 0 radical (unpaired) electrons. The van der Waals surface area contributed by atoms with Gasteiger partial charge in [-0.3, -0.25) is 4.79 Å². The smallest absolute Gasteiger partial charge is 0.253 e. The van der Waals surface area contributed by atoms with Crippen LogP contribution in [-0.2, 0) is 16.0 Å². The van der Waals surface area contributed by atoms with Gasteiger partial charge in [0.05, 0.1) is 0 Å². The molecule has 1 unspecified atom stereocenters. The van der Waals surface area contributed by atoms with E-state index in [0.29, 0.717) is 13.1 Å². The van der Waals surface area contributed by atoms with E-state index in [9.17, 15) is 4.79 Å². The van der Waals surface area contributed by atoms with Crippen LogP contribution < -0.4 is 5.73 Å². The second kappa shape index (κ2) is 7.84. The Morgan fingerprint density at radius 1 is 1.39 bits per heavy atom. The van der Waals surface area contributed by atoms with E-state index in [-0.39, 0.29) is 12.5 Å². The molecule has 1 aromatic carbocycles.